The minimum absolute atomic E-state index is 0.0449. The van der Waals surface area contributed by atoms with Crippen molar-refractivity contribution in [2.45, 2.75) is 45.5 Å². The fourth-order valence-corrected chi connectivity index (χ4v) is 5.55. The summed E-state index contributed by atoms with van der Waals surface area (Å²) < 4.78 is 43.9. The molecule has 4 rings (SSSR count). The summed E-state index contributed by atoms with van der Waals surface area (Å²) in [5.41, 5.74) is 2.14. The lowest BCUT2D eigenvalue weighted by molar-refractivity contribution is -0.274. The van der Waals surface area contributed by atoms with Crippen molar-refractivity contribution >= 4 is 41.4 Å². The van der Waals surface area contributed by atoms with Crippen LogP contribution in [0, 0.1) is 12.8 Å². The monoisotopic (exact) mass is 590 g/mol. The number of benzene rings is 2. The third kappa shape index (κ3) is 7.49. The molecule has 1 spiro atoms. The summed E-state index contributed by atoms with van der Waals surface area (Å²) in [6.45, 7) is 6.94. The van der Waals surface area contributed by atoms with Gasteiger partial charge in [0.2, 0.25) is 5.91 Å². The largest absolute Gasteiger partial charge is 0.573 e. The number of carbonyl (C=O) groups excluding carboxylic acids is 2. The van der Waals surface area contributed by atoms with Gasteiger partial charge in [-0.05, 0) is 66.6 Å². The number of aliphatic imine (C=N–C) groups is 1. The van der Waals surface area contributed by atoms with Crippen LogP contribution < -0.4 is 15.0 Å². The van der Waals surface area contributed by atoms with Gasteiger partial charge in [-0.1, -0.05) is 44.0 Å². The van der Waals surface area contributed by atoms with E-state index < -0.39 is 11.9 Å². The lowest BCUT2D eigenvalue weighted by atomic mass is 9.89. The number of nitrogens with one attached hydrogen (secondary N) is 1. The normalized spacial score (nSPS) is 17.3. The van der Waals surface area contributed by atoms with Crippen molar-refractivity contribution in [3.63, 3.8) is 0 Å². The molecule has 0 atom stereocenters. The van der Waals surface area contributed by atoms with Gasteiger partial charge in [0, 0.05) is 36.8 Å². The Morgan fingerprint density at radius 1 is 1.24 bits per heavy atom. The van der Waals surface area contributed by atoms with E-state index in [4.69, 9.17) is 0 Å². The number of hydrogen-bond acceptors (Lipinski definition) is 7. The van der Waals surface area contributed by atoms with Crippen LogP contribution in [-0.4, -0.2) is 65.2 Å². The molecule has 8 nitrogen and oxygen atoms in total. The number of piperidine rings is 1. The molecule has 0 saturated carbocycles. The van der Waals surface area contributed by atoms with E-state index in [0.717, 1.165) is 16.8 Å². The lowest BCUT2D eigenvalue weighted by Gasteiger charge is -2.34. The van der Waals surface area contributed by atoms with Crippen molar-refractivity contribution in [2.24, 2.45) is 10.9 Å². The zero-order valence-corrected chi connectivity index (χ0v) is 23.9. The number of carbonyl (C=O) groups is 2. The molecular weight excluding hydrogens is 557 g/mol. The predicted octanol–water partition coefficient (Wildman–Crippen LogP) is 4.91. The van der Waals surface area contributed by atoms with E-state index in [1.165, 1.54) is 30.1 Å². The van der Waals surface area contributed by atoms with Crippen LogP contribution in [0.4, 0.5) is 18.9 Å². The Balaban J connectivity index is 1.36. The van der Waals surface area contributed by atoms with Gasteiger partial charge in [0.05, 0.1) is 6.61 Å². The molecule has 2 aliphatic rings. The summed E-state index contributed by atoms with van der Waals surface area (Å²) in [7, 11) is 0. The number of anilines is 1. The molecule has 41 heavy (non-hydrogen) atoms. The first-order valence-corrected chi connectivity index (χ1v) is 14.1. The summed E-state index contributed by atoms with van der Waals surface area (Å²) in [5, 5.41) is 14.1. The van der Waals surface area contributed by atoms with Crippen LogP contribution in [0.15, 0.2) is 52.9 Å². The molecule has 0 aromatic heterocycles. The lowest BCUT2D eigenvalue weighted by Crippen LogP contribution is -2.47. The van der Waals surface area contributed by atoms with Gasteiger partial charge < -0.3 is 20.1 Å². The maximum atomic E-state index is 12.9. The third-order valence-corrected chi connectivity index (χ3v) is 7.90. The molecule has 2 amide bonds. The highest BCUT2D eigenvalue weighted by molar-refractivity contribution is 8.00. The van der Waals surface area contributed by atoms with Crippen molar-refractivity contribution in [1.82, 2.24) is 9.62 Å². The predicted molar refractivity (Wildman–Crippen MR) is 153 cm³/mol. The average molecular weight is 591 g/mol. The van der Waals surface area contributed by atoms with Crippen molar-refractivity contribution in [1.29, 1.82) is 0 Å². The third-order valence-electron chi connectivity index (χ3n) is 6.98. The summed E-state index contributed by atoms with van der Waals surface area (Å²) in [6, 6.07) is 11.2. The molecule has 2 N–H and O–H groups in total. The van der Waals surface area contributed by atoms with Crippen molar-refractivity contribution < 1.29 is 32.6 Å². The summed E-state index contributed by atoms with van der Waals surface area (Å²) >= 11 is 1.53. The van der Waals surface area contributed by atoms with Gasteiger partial charge in [0.1, 0.15) is 17.1 Å². The molecule has 12 heteroatoms. The standard InChI is InChI=1S/C29H33F3N4O4S/c1-19(2)26(38)36(14-15-37)23-8-7-21(20(3)17-23)9-16-41-35-12-10-28(11-13-35)27(39)33-25(34-28)22-5-4-6-24(18-22)40-29(30,31)32/h4-9,16-19,37H,10-15H2,1-3H3,(H,33,34,39)/b16-9+. The van der Waals surface area contributed by atoms with E-state index in [1.54, 1.807) is 11.0 Å². The fraction of sp³-hybridized carbons (Fsp3) is 0.414. The van der Waals surface area contributed by atoms with Gasteiger partial charge in [-0.2, -0.15) is 0 Å². The second-order valence-electron chi connectivity index (χ2n) is 10.3. The Labute approximate surface area is 241 Å². The molecule has 0 aliphatic carbocycles. The number of ether oxygens (including phenoxy) is 1. The Morgan fingerprint density at radius 3 is 2.61 bits per heavy atom. The van der Waals surface area contributed by atoms with Gasteiger partial charge in [0.15, 0.2) is 0 Å². The van der Waals surface area contributed by atoms with Gasteiger partial charge in [-0.3, -0.25) is 14.6 Å². The van der Waals surface area contributed by atoms with Gasteiger partial charge in [-0.25, -0.2) is 4.31 Å². The Hall–Kier alpha value is -3.35. The first kappa shape index (κ1) is 30.6. The quantitative estimate of drug-likeness (QED) is 0.404. The van der Waals surface area contributed by atoms with E-state index in [9.17, 15) is 27.9 Å². The molecule has 2 aromatic rings. The summed E-state index contributed by atoms with van der Waals surface area (Å²) in [4.78, 5) is 31.7. The van der Waals surface area contributed by atoms with Crippen LogP contribution in [0.3, 0.4) is 0 Å². The topological polar surface area (TPSA) is 94.5 Å². The van der Waals surface area contributed by atoms with Crippen LogP contribution in [0.25, 0.3) is 6.08 Å². The van der Waals surface area contributed by atoms with E-state index >= 15 is 0 Å². The number of amides is 2. The van der Waals surface area contributed by atoms with Crippen molar-refractivity contribution in [3.8, 4) is 5.75 Å². The first-order chi connectivity index (χ1) is 19.4. The number of rotatable bonds is 9. The number of aryl methyl sites for hydroxylation is 1. The smallest absolute Gasteiger partial charge is 0.406 e. The highest BCUT2D eigenvalue weighted by Gasteiger charge is 2.46. The maximum absolute atomic E-state index is 12.9. The number of aliphatic hydroxyl groups is 1. The number of nitrogens with zero attached hydrogens (tertiary/aromatic N) is 3. The molecule has 0 unspecified atom stereocenters. The summed E-state index contributed by atoms with van der Waals surface area (Å²) in [6.07, 6.45) is -1.87. The molecular formula is C29H33F3N4O4S. The number of aliphatic hydroxyl groups excluding tert-OH is 1. The molecule has 2 heterocycles. The van der Waals surface area contributed by atoms with Crippen LogP contribution in [0.2, 0.25) is 0 Å². The van der Waals surface area contributed by atoms with Gasteiger partial charge >= 0.3 is 6.36 Å². The molecule has 2 aliphatic heterocycles. The van der Waals surface area contributed by atoms with E-state index in [-0.39, 0.29) is 42.5 Å². The van der Waals surface area contributed by atoms with Crippen LogP contribution in [0.5, 0.6) is 5.75 Å². The van der Waals surface area contributed by atoms with E-state index in [2.05, 4.69) is 19.4 Å². The second-order valence-corrected chi connectivity index (χ2v) is 11.3. The Bertz CT molecular complexity index is 1340. The van der Waals surface area contributed by atoms with Crippen LogP contribution in [-0.2, 0) is 9.59 Å². The van der Waals surface area contributed by atoms with E-state index in [0.29, 0.717) is 31.5 Å². The zero-order chi connectivity index (χ0) is 29.8. The highest BCUT2D eigenvalue weighted by atomic mass is 32.2. The fourth-order valence-electron chi connectivity index (χ4n) is 4.78. The van der Waals surface area contributed by atoms with Gasteiger partial charge in [-0.15, -0.1) is 13.2 Å². The first-order valence-electron chi connectivity index (χ1n) is 13.3. The zero-order valence-electron chi connectivity index (χ0n) is 23.1. The SMILES string of the molecule is Cc1cc(N(CCO)C(=O)C(C)C)ccc1/C=C/SN1CCC2(CC1)N=C(c1cccc(OC(F)(F)F)c1)NC2=O. The van der Waals surface area contributed by atoms with Crippen molar-refractivity contribution in [2.75, 3.05) is 31.1 Å². The maximum Gasteiger partial charge on any atom is 0.573 e. The van der Waals surface area contributed by atoms with Crippen LogP contribution in [0.1, 0.15) is 43.4 Å². The molecule has 0 bridgehead atoms. The van der Waals surface area contributed by atoms with E-state index in [1.807, 2.05) is 50.5 Å². The second kappa shape index (κ2) is 12.7. The number of amidine groups is 1. The minimum Gasteiger partial charge on any atom is -0.406 e. The molecule has 220 valence electrons. The number of alkyl halides is 3. The summed E-state index contributed by atoms with van der Waals surface area (Å²) in [5.74, 6) is -0.607. The Kier molecular flexibility index (Phi) is 9.45. The van der Waals surface area contributed by atoms with Gasteiger partial charge in [0.25, 0.3) is 5.91 Å². The average Bonchev–Trinajstić information content (AvgIpc) is 3.23. The molecule has 1 fully saturated rings. The Morgan fingerprint density at radius 2 is 1.98 bits per heavy atom. The number of halogens is 3. The minimum atomic E-state index is -4.81. The molecule has 2 aromatic carbocycles. The van der Waals surface area contributed by atoms with Crippen molar-refractivity contribution in [3.05, 3.63) is 64.6 Å². The van der Waals surface area contributed by atoms with Crippen LogP contribution >= 0.6 is 11.9 Å². The molecule has 1 saturated heterocycles. The number of hydrogen-bond donors (Lipinski definition) is 2. The highest BCUT2D eigenvalue weighted by Crippen LogP contribution is 2.34. The molecule has 0 radical (unpaired) electrons.